The fraction of sp³-hybridized carbons (Fsp3) is 0.308. The molecule has 2 heterocycles. The van der Waals surface area contributed by atoms with Crippen LogP contribution >= 0.6 is 0 Å². The second kappa shape index (κ2) is 6.65. The number of aromatic nitrogens is 3. The molecule has 0 radical (unpaired) electrons. The third kappa shape index (κ3) is 4.18. The molecule has 0 unspecified atom stereocenters. The molecule has 2 rings (SSSR count). The van der Waals surface area contributed by atoms with Crippen LogP contribution in [0.3, 0.4) is 0 Å². The highest BCUT2D eigenvalue weighted by Crippen LogP contribution is 2.11. The van der Waals surface area contributed by atoms with Gasteiger partial charge >= 0.3 is 0 Å². The average Bonchev–Trinajstić information content (AvgIpc) is 2.43. The van der Waals surface area contributed by atoms with Gasteiger partial charge in [0.2, 0.25) is 0 Å². The first-order chi connectivity index (χ1) is 9.28. The average molecular weight is 258 g/mol. The van der Waals surface area contributed by atoms with Crippen molar-refractivity contribution < 1.29 is 0 Å². The van der Waals surface area contributed by atoms with Crippen LogP contribution in [0, 0.1) is 6.92 Å². The fourth-order valence-corrected chi connectivity index (χ4v) is 1.64. The van der Waals surface area contributed by atoms with Crippen molar-refractivity contribution in [3.8, 4) is 0 Å². The molecule has 0 aromatic carbocycles. The molecule has 100 valence electrons. The second-order valence-electron chi connectivity index (χ2n) is 4.12. The van der Waals surface area contributed by atoms with Crippen LogP contribution in [0.25, 0.3) is 0 Å². The van der Waals surface area contributed by atoms with E-state index in [1.54, 1.807) is 6.20 Å². The SMILES string of the molecule is Cc1nc(NCCN)cc(NCc2cccnc2)n1. The molecule has 2 aromatic rings. The number of aryl methyl sites for hydroxylation is 1. The molecule has 6 heteroatoms. The number of hydrogen-bond acceptors (Lipinski definition) is 6. The van der Waals surface area contributed by atoms with E-state index in [9.17, 15) is 0 Å². The summed E-state index contributed by atoms with van der Waals surface area (Å²) >= 11 is 0. The van der Waals surface area contributed by atoms with Gasteiger partial charge in [0.25, 0.3) is 0 Å². The highest BCUT2D eigenvalue weighted by molar-refractivity contribution is 5.47. The standard InChI is InChI=1S/C13H18N6/c1-10-18-12(16-6-4-14)7-13(19-10)17-9-11-3-2-5-15-8-11/h2-3,5,7-8H,4,6,9,14H2,1H3,(H2,16,17,18,19). The van der Waals surface area contributed by atoms with Crippen LogP contribution in [-0.4, -0.2) is 28.0 Å². The van der Waals surface area contributed by atoms with Gasteiger partial charge in [-0.05, 0) is 18.6 Å². The molecule has 0 aliphatic carbocycles. The van der Waals surface area contributed by atoms with E-state index in [0.717, 1.165) is 23.0 Å². The quantitative estimate of drug-likeness (QED) is 0.720. The summed E-state index contributed by atoms with van der Waals surface area (Å²) in [6.45, 7) is 3.81. The summed E-state index contributed by atoms with van der Waals surface area (Å²) in [6.07, 6.45) is 3.59. The number of hydrogen-bond donors (Lipinski definition) is 3. The number of anilines is 2. The highest BCUT2D eigenvalue weighted by atomic mass is 15.1. The van der Waals surface area contributed by atoms with Gasteiger partial charge in [-0.3, -0.25) is 4.98 Å². The maximum Gasteiger partial charge on any atom is 0.132 e. The molecule has 0 fully saturated rings. The summed E-state index contributed by atoms with van der Waals surface area (Å²) in [5.41, 5.74) is 6.57. The van der Waals surface area contributed by atoms with Crippen LogP contribution in [0.2, 0.25) is 0 Å². The van der Waals surface area contributed by atoms with Crippen molar-refractivity contribution in [3.05, 3.63) is 42.0 Å². The summed E-state index contributed by atoms with van der Waals surface area (Å²) in [7, 11) is 0. The Morgan fingerprint density at radius 2 is 2.00 bits per heavy atom. The second-order valence-corrected chi connectivity index (χ2v) is 4.12. The maximum atomic E-state index is 5.46. The van der Waals surface area contributed by atoms with Crippen molar-refractivity contribution >= 4 is 11.6 Å². The number of nitrogens with zero attached hydrogens (tertiary/aromatic N) is 3. The zero-order chi connectivity index (χ0) is 13.5. The first kappa shape index (κ1) is 13.2. The molecule has 4 N–H and O–H groups in total. The van der Waals surface area contributed by atoms with Gasteiger partial charge < -0.3 is 16.4 Å². The minimum Gasteiger partial charge on any atom is -0.369 e. The van der Waals surface area contributed by atoms with E-state index in [2.05, 4.69) is 25.6 Å². The smallest absolute Gasteiger partial charge is 0.132 e. The van der Waals surface area contributed by atoms with Crippen LogP contribution in [-0.2, 0) is 6.54 Å². The third-order valence-electron chi connectivity index (χ3n) is 2.48. The highest BCUT2D eigenvalue weighted by Gasteiger charge is 2.01. The van der Waals surface area contributed by atoms with Gasteiger partial charge in [0.15, 0.2) is 0 Å². The van der Waals surface area contributed by atoms with Gasteiger partial charge in [0, 0.05) is 38.1 Å². The molecule has 0 spiro atoms. The van der Waals surface area contributed by atoms with Crippen LogP contribution in [0.5, 0.6) is 0 Å². The molecule has 0 atom stereocenters. The third-order valence-corrected chi connectivity index (χ3v) is 2.48. The van der Waals surface area contributed by atoms with Crippen LogP contribution in [0.15, 0.2) is 30.6 Å². The zero-order valence-electron chi connectivity index (χ0n) is 10.9. The van der Waals surface area contributed by atoms with E-state index in [1.807, 2.05) is 31.3 Å². The summed E-state index contributed by atoms with van der Waals surface area (Å²) < 4.78 is 0. The van der Waals surface area contributed by atoms with Crippen molar-refractivity contribution in [3.63, 3.8) is 0 Å². The van der Waals surface area contributed by atoms with E-state index in [0.29, 0.717) is 19.6 Å². The molecule has 0 aliphatic heterocycles. The Morgan fingerprint density at radius 3 is 2.68 bits per heavy atom. The van der Waals surface area contributed by atoms with Gasteiger partial charge in [0.05, 0.1) is 0 Å². The summed E-state index contributed by atoms with van der Waals surface area (Å²) in [5.74, 6) is 2.29. The largest absolute Gasteiger partial charge is 0.369 e. The molecule has 0 aliphatic rings. The zero-order valence-corrected chi connectivity index (χ0v) is 10.9. The molecule has 0 saturated carbocycles. The van der Waals surface area contributed by atoms with Gasteiger partial charge in [-0.2, -0.15) is 0 Å². The van der Waals surface area contributed by atoms with E-state index in [-0.39, 0.29) is 0 Å². The fourth-order valence-electron chi connectivity index (χ4n) is 1.64. The van der Waals surface area contributed by atoms with Gasteiger partial charge in [-0.25, -0.2) is 9.97 Å². The minimum atomic E-state index is 0.571. The van der Waals surface area contributed by atoms with Crippen molar-refractivity contribution in [2.45, 2.75) is 13.5 Å². The van der Waals surface area contributed by atoms with Crippen LogP contribution in [0.4, 0.5) is 11.6 Å². The Labute approximate surface area is 112 Å². The lowest BCUT2D eigenvalue weighted by Crippen LogP contribution is -2.14. The van der Waals surface area contributed by atoms with E-state index < -0.39 is 0 Å². The van der Waals surface area contributed by atoms with Gasteiger partial charge in [-0.15, -0.1) is 0 Å². The first-order valence-electron chi connectivity index (χ1n) is 6.20. The molecule has 2 aromatic heterocycles. The molecular weight excluding hydrogens is 240 g/mol. The lowest BCUT2D eigenvalue weighted by molar-refractivity contribution is 0.977. The van der Waals surface area contributed by atoms with Gasteiger partial charge in [-0.1, -0.05) is 6.07 Å². The van der Waals surface area contributed by atoms with Crippen molar-refractivity contribution in [2.75, 3.05) is 23.7 Å². The number of nitrogens with one attached hydrogen (secondary N) is 2. The molecule has 0 bridgehead atoms. The van der Waals surface area contributed by atoms with Crippen molar-refractivity contribution in [2.24, 2.45) is 5.73 Å². The monoisotopic (exact) mass is 258 g/mol. The lowest BCUT2D eigenvalue weighted by Gasteiger charge is -2.09. The molecule has 6 nitrogen and oxygen atoms in total. The number of nitrogens with two attached hydrogens (primary N) is 1. The normalized spacial score (nSPS) is 10.2. The minimum absolute atomic E-state index is 0.571. The maximum absolute atomic E-state index is 5.46. The van der Waals surface area contributed by atoms with Crippen molar-refractivity contribution in [1.82, 2.24) is 15.0 Å². The molecule has 0 amide bonds. The predicted octanol–water partition coefficient (Wildman–Crippen LogP) is 1.16. The van der Waals surface area contributed by atoms with Crippen molar-refractivity contribution in [1.29, 1.82) is 0 Å². The molecule has 19 heavy (non-hydrogen) atoms. The topological polar surface area (TPSA) is 88.8 Å². The molecular formula is C13H18N6. The van der Waals surface area contributed by atoms with Crippen LogP contribution in [0.1, 0.15) is 11.4 Å². The Kier molecular flexibility index (Phi) is 4.63. The summed E-state index contributed by atoms with van der Waals surface area (Å²) in [5, 5.41) is 6.40. The first-order valence-corrected chi connectivity index (χ1v) is 6.20. The number of rotatable bonds is 6. The Bertz CT molecular complexity index is 514. The Morgan fingerprint density at radius 1 is 1.21 bits per heavy atom. The Hall–Kier alpha value is -2.21. The molecule has 0 saturated heterocycles. The van der Waals surface area contributed by atoms with E-state index in [4.69, 9.17) is 5.73 Å². The lowest BCUT2D eigenvalue weighted by atomic mass is 10.3. The predicted molar refractivity (Wildman–Crippen MR) is 75.9 cm³/mol. The van der Waals surface area contributed by atoms with Crippen LogP contribution < -0.4 is 16.4 Å². The number of pyridine rings is 1. The summed E-state index contributed by atoms with van der Waals surface area (Å²) in [4.78, 5) is 12.7. The summed E-state index contributed by atoms with van der Waals surface area (Å²) in [6, 6.07) is 5.80. The van der Waals surface area contributed by atoms with E-state index in [1.165, 1.54) is 0 Å². The van der Waals surface area contributed by atoms with E-state index >= 15 is 0 Å². The Balaban J connectivity index is 2.01. The van der Waals surface area contributed by atoms with Gasteiger partial charge in [0.1, 0.15) is 17.5 Å².